The Hall–Kier alpha value is -2.54. The summed E-state index contributed by atoms with van der Waals surface area (Å²) in [5.41, 5.74) is 0.767. The standard InChI is InChI=1S/C21H13BrClNO3S/c22-13-7-9-18(16(12-13)20(26)15-5-1-2-6-17(15)23)24-21(27)19(25)10-8-14-4-3-11-28-14/h1-12H,(H,24,27)/b10-8+. The third-order valence-electron chi connectivity index (χ3n) is 3.76. The van der Waals surface area contributed by atoms with Gasteiger partial charge in [-0.15, -0.1) is 11.3 Å². The van der Waals surface area contributed by atoms with Gasteiger partial charge in [0.25, 0.3) is 5.91 Å². The van der Waals surface area contributed by atoms with Crippen molar-refractivity contribution in [3.05, 3.63) is 91.6 Å². The van der Waals surface area contributed by atoms with Crippen LogP contribution in [0, 0.1) is 0 Å². The smallest absolute Gasteiger partial charge is 0.296 e. The Morgan fingerprint density at radius 1 is 1.00 bits per heavy atom. The van der Waals surface area contributed by atoms with E-state index < -0.39 is 11.7 Å². The molecule has 0 saturated heterocycles. The maximum atomic E-state index is 12.9. The van der Waals surface area contributed by atoms with Gasteiger partial charge in [0.2, 0.25) is 5.78 Å². The van der Waals surface area contributed by atoms with Crippen molar-refractivity contribution in [2.24, 2.45) is 0 Å². The molecule has 1 aromatic heterocycles. The lowest BCUT2D eigenvalue weighted by atomic mass is 10.0. The quantitative estimate of drug-likeness (QED) is 0.287. The maximum absolute atomic E-state index is 12.9. The minimum atomic E-state index is -0.830. The summed E-state index contributed by atoms with van der Waals surface area (Å²) in [5.74, 6) is -1.90. The molecule has 0 saturated carbocycles. The van der Waals surface area contributed by atoms with Gasteiger partial charge < -0.3 is 5.32 Å². The molecular weight excluding hydrogens is 462 g/mol. The van der Waals surface area contributed by atoms with Crippen molar-refractivity contribution in [2.45, 2.75) is 0 Å². The molecule has 0 spiro atoms. The van der Waals surface area contributed by atoms with Gasteiger partial charge in [0.1, 0.15) is 0 Å². The molecule has 1 heterocycles. The Balaban J connectivity index is 1.84. The predicted octanol–water partition coefficient (Wildman–Crippen LogP) is 5.62. The number of carbonyl (C=O) groups excluding carboxylic acids is 3. The van der Waals surface area contributed by atoms with Crippen LogP contribution in [0.15, 0.2) is 70.5 Å². The molecule has 1 N–H and O–H groups in total. The number of anilines is 1. The summed E-state index contributed by atoms with van der Waals surface area (Å²) in [4.78, 5) is 38.2. The molecule has 1 amide bonds. The molecule has 0 aliphatic heterocycles. The molecule has 0 fully saturated rings. The van der Waals surface area contributed by atoms with E-state index in [-0.39, 0.29) is 17.0 Å². The molecule has 28 heavy (non-hydrogen) atoms. The van der Waals surface area contributed by atoms with E-state index in [1.807, 2.05) is 17.5 Å². The molecule has 3 rings (SSSR count). The molecule has 0 aliphatic rings. The minimum Gasteiger partial charge on any atom is -0.318 e. The normalized spacial score (nSPS) is 10.8. The second-order valence-corrected chi connectivity index (χ2v) is 7.97. The van der Waals surface area contributed by atoms with Crippen molar-refractivity contribution < 1.29 is 14.4 Å². The first-order chi connectivity index (χ1) is 13.5. The highest BCUT2D eigenvalue weighted by molar-refractivity contribution is 9.10. The van der Waals surface area contributed by atoms with Gasteiger partial charge in [-0.05, 0) is 53.9 Å². The van der Waals surface area contributed by atoms with Crippen molar-refractivity contribution >= 4 is 68.1 Å². The first kappa shape index (κ1) is 20.2. The van der Waals surface area contributed by atoms with E-state index >= 15 is 0 Å². The summed E-state index contributed by atoms with van der Waals surface area (Å²) < 4.78 is 0.657. The van der Waals surface area contributed by atoms with Crippen LogP contribution in [0.2, 0.25) is 5.02 Å². The van der Waals surface area contributed by atoms with Crippen LogP contribution < -0.4 is 5.32 Å². The van der Waals surface area contributed by atoms with E-state index in [4.69, 9.17) is 11.6 Å². The lowest BCUT2D eigenvalue weighted by Crippen LogP contribution is -2.22. The third kappa shape index (κ3) is 4.84. The van der Waals surface area contributed by atoms with Gasteiger partial charge in [0.05, 0.1) is 10.7 Å². The van der Waals surface area contributed by atoms with Crippen LogP contribution in [0.4, 0.5) is 5.69 Å². The Labute approximate surface area is 179 Å². The van der Waals surface area contributed by atoms with Crippen LogP contribution in [-0.4, -0.2) is 17.5 Å². The fraction of sp³-hybridized carbons (Fsp3) is 0. The lowest BCUT2D eigenvalue weighted by molar-refractivity contribution is -0.131. The topological polar surface area (TPSA) is 63.2 Å². The van der Waals surface area contributed by atoms with Crippen LogP contribution in [0.1, 0.15) is 20.8 Å². The number of hydrogen-bond donors (Lipinski definition) is 1. The van der Waals surface area contributed by atoms with Gasteiger partial charge in [0, 0.05) is 20.5 Å². The zero-order valence-corrected chi connectivity index (χ0v) is 17.5. The van der Waals surface area contributed by atoms with Crippen molar-refractivity contribution in [2.75, 3.05) is 5.32 Å². The lowest BCUT2D eigenvalue weighted by Gasteiger charge is -2.11. The Morgan fingerprint density at radius 3 is 2.50 bits per heavy atom. The second-order valence-electron chi connectivity index (χ2n) is 5.67. The van der Waals surface area contributed by atoms with E-state index in [1.165, 1.54) is 17.4 Å². The van der Waals surface area contributed by atoms with Crippen molar-refractivity contribution in [3.63, 3.8) is 0 Å². The van der Waals surface area contributed by atoms with Crippen molar-refractivity contribution in [3.8, 4) is 0 Å². The number of thiophene rings is 1. The van der Waals surface area contributed by atoms with E-state index in [0.717, 1.165) is 4.88 Å². The van der Waals surface area contributed by atoms with Gasteiger partial charge >= 0.3 is 0 Å². The minimum absolute atomic E-state index is 0.228. The van der Waals surface area contributed by atoms with Gasteiger partial charge in [0.15, 0.2) is 5.78 Å². The van der Waals surface area contributed by atoms with E-state index in [0.29, 0.717) is 15.1 Å². The Bertz CT molecular complexity index is 1080. The number of amides is 1. The Kier molecular flexibility index (Phi) is 6.57. The fourth-order valence-electron chi connectivity index (χ4n) is 2.41. The molecule has 4 nitrogen and oxygen atoms in total. The summed E-state index contributed by atoms with van der Waals surface area (Å²) >= 11 is 10.9. The van der Waals surface area contributed by atoms with E-state index in [2.05, 4.69) is 21.2 Å². The van der Waals surface area contributed by atoms with Gasteiger partial charge in [-0.2, -0.15) is 0 Å². The number of hydrogen-bond acceptors (Lipinski definition) is 4. The van der Waals surface area contributed by atoms with Crippen molar-refractivity contribution in [1.29, 1.82) is 0 Å². The number of carbonyl (C=O) groups is 3. The highest BCUT2D eigenvalue weighted by Crippen LogP contribution is 2.26. The Morgan fingerprint density at radius 2 is 1.79 bits per heavy atom. The second kappa shape index (κ2) is 9.10. The molecule has 0 atom stereocenters. The number of rotatable bonds is 6. The summed E-state index contributed by atoms with van der Waals surface area (Å²) in [6.45, 7) is 0. The SMILES string of the molecule is O=C(/C=C/c1cccs1)C(=O)Nc1ccc(Br)cc1C(=O)c1ccccc1Cl. The highest BCUT2D eigenvalue weighted by atomic mass is 79.9. The first-order valence-electron chi connectivity index (χ1n) is 8.11. The van der Waals surface area contributed by atoms with Crippen LogP contribution in [0.3, 0.4) is 0 Å². The average Bonchev–Trinajstić information content (AvgIpc) is 3.21. The molecule has 0 bridgehead atoms. The van der Waals surface area contributed by atoms with Gasteiger partial charge in [-0.25, -0.2) is 0 Å². The molecule has 3 aromatic rings. The van der Waals surface area contributed by atoms with Gasteiger partial charge in [-0.1, -0.05) is 45.7 Å². The molecule has 2 aromatic carbocycles. The first-order valence-corrected chi connectivity index (χ1v) is 10.2. The molecule has 7 heteroatoms. The predicted molar refractivity (Wildman–Crippen MR) is 116 cm³/mol. The molecule has 0 radical (unpaired) electrons. The maximum Gasteiger partial charge on any atom is 0.296 e. The monoisotopic (exact) mass is 473 g/mol. The summed E-state index contributed by atoms with van der Waals surface area (Å²) in [6.07, 6.45) is 2.78. The largest absolute Gasteiger partial charge is 0.318 e. The van der Waals surface area contributed by atoms with E-state index in [9.17, 15) is 14.4 Å². The molecule has 0 unspecified atom stereocenters. The zero-order chi connectivity index (χ0) is 20.1. The van der Waals surface area contributed by atoms with Crippen LogP contribution in [-0.2, 0) is 9.59 Å². The van der Waals surface area contributed by atoms with Crippen molar-refractivity contribution in [1.82, 2.24) is 0 Å². The van der Waals surface area contributed by atoms with Crippen LogP contribution in [0.25, 0.3) is 6.08 Å². The highest BCUT2D eigenvalue weighted by Gasteiger charge is 2.19. The van der Waals surface area contributed by atoms with Gasteiger partial charge in [-0.3, -0.25) is 14.4 Å². The number of halogens is 2. The summed E-state index contributed by atoms with van der Waals surface area (Å²) in [6, 6.07) is 15.1. The number of benzene rings is 2. The summed E-state index contributed by atoms with van der Waals surface area (Å²) in [5, 5.41) is 4.70. The van der Waals surface area contributed by atoms with Crippen LogP contribution >= 0.6 is 38.9 Å². The average molecular weight is 475 g/mol. The summed E-state index contributed by atoms with van der Waals surface area (Å²) in [7, 11) is 0. The zero-order valence-electron chi connectivity index (χ0n) is 14.3. The molecule has 0 aliphatic carbocycles. The van der Waals surface area contributed by atoms with E-state index in [1.54, 1.807) is 48.5 Å². The van der Waals surface area contributed by atoms with Crippen LogP contribution in [0.5, 0.6) is 0 Å². The third-order valence-corrected chi connectivity index (χ3v) is 5.42. The number of ketones is 2. The molecule has 140 valence electrons. The number of nitrogens with one attached hydrogen (secondary N) is 1. The fourth-order valence-corrected chi connectivity index (χ4v) is 3.61. The molecular formula is C21H13BrClNO3S.